The van der Waals surface area contributed by atoms with Gasteiger partial charge in [0.2, 0.25) is 12.0 Å². The van der Waals surface area contributed by atoms with Gasteiger partial charge in [-0.25, -0.2) is 9.78 Å². The molecule has 0 saturated heterocycles. The van der Waals surface area contributed by atoms with Gasteiger partial charge in [-0.15, -0.1) is 0 Å². The molecular formula is C22H13ClF3NO4. The predicted octanol–water partition coefficient (Wildman–Crippen LogP) is 6.37. The van der Waals surface area contributed by atoms with E-state index in [0.29, 0.717) is 16.1 Å². The fourth-order valence-electron chi connectivity index (χ4n) is 2.99. The first-order chi connectivity index (χ1) is 14.7. The number of hydrogen-bond acceptors (Lipinski definition) is 4. The van der Waals surface area contributed by atoms with Crippen molar-refractivity contribution in [2.75, 3.05) is 0 Å². The van der Waals surface area contributed by atoms with Crippen LogP contribution < -0.4 is 4.74 Å². The number of alkyl halides is 3. The number of carboxylic acid groups (broad SMARTS) is 1. The number of carboxylic acids is 1. The average molecular weight is 448 g/mol. The Hall–Kier alpha value is -3.52. The Kier molecular flexibility index (Phi) is 5.32. The number of fused-ring (bicyclic) bond motifs is 1. The van der Waals surface area contributed by atoms with Crippen molar-refractivity contribution in [3.63, 3.8) is 0 Å². The van der Waals surface area contributed by atoms with Crippen molar-refractivity contribution in [3.8, 4) is 17.2 Å². The number of hydrogen-bond donors (Lipinski definition) is 1. The minimum atomic E-state index is -4.62. The fourth-order valence-corrected chi connectivity index (χ4v) is 3.12. The van der Waals surface area contributed by atoms with Crippen LogP contribution in [0.3, 0.4) is 0 Å². The molecular weight excluding hydrogens is 435 g/mol. The summed E-state index contributed by atoms with van der Waals surface area (Å²) >= 11 is 5.84. The quantitative estimate of drug-likeness (QED) is 0.384. The van der Waals surface area contributed by atoms with Crippen molar-refractivity contribution < 1.29 is 32.2 Å². The third kappa shape index (κ3) is 4.34. The van der Waals surface area contributed by atoms with Crippen LogP contribution in [-0.4, -0.2) is 16.1 Å². The molecule has 0 aliphatic heterocycles. The molecule has 1 N–H and O–H groups in total. The van der Waals surface area contributed by atoms with E-state index in [4.69, 9.17) is 20.8 Å². The van der Waals surface area contributed by atoms with Crippen LogP contribution in [0.5, 0.6) is 5.75 Å². The molecule has 0 bridgehead atoms. The predicted molar refractivity (Wildman–Crippen MR) is 107 cm³/mol. The van der Waals surface area contributed by atoms with Crippen LogP contribution in [0.4, 0.5) is 13.2 Å². The summed E-state index contributed by atoms with van der Waals surface area (Å²) in [5, 5.41) is 10.0. The van der Waals surface area contributed by atoms with E-state index in [-0.39, 0.29) is 22.8 Å². The Morgan fingerprint density at radius 2 is 1.77 bits per heavy atom. The molecule has 1 atom stereocenters. The van der Waals surface area contributed by atoms with Gasteiger partial charge >= 0.3 is 12.1 Å². The summed E-state index contributed by atoms with van der Waals surface area (Å²) in [6.07, 6.45) is -6.11. The Balaban J connectivity index is 1.82. The van der Waals surface area contributed by atoms with E-state index in [9.17, 15) is 23.1 Å². The SMILES string of the molecule is O=C(O)C(Oc1ccc(C(F)(F)F)cc1-c1nc2ccccc2o1)c1ccc(Cl)cc1. The Bertz CT molecular complexity index is 1220. The number of oxazole rings is 1. The highest BCUT2D eigenvalue weighted by Gasteiger charge is 2.33. The molecule has 0 fully saturated rings. The van der Waals surface area contributed by atoms with E-state index in [1.165, 1.54) is 24.3 Å². The van der Waals surface area contributed by atoms with E-state index in [1.54, 1.807) is 24.3 Å². The maximum Gasteiger partial charge on any atom is 0.416 e. The van der Waals surface area contributed by atoms with Crippen LogP contribution in [0.2, 0.25) is 5.02 Å². The third-order valence-electron chi connectivity index (χ3n) is 4.47. The average Bonchev–Trinajstić information content (AvgIpc) is 3.16. The second kappa shape index (κ2) is 7.96. The van der Waals surface area contributed by atoms with Gasteiger partial charge in [-0.2, -0.15) is 13.2 Å². The molecule has 1 heterocycles. The Morgan fingerprint density at radius 3 is 2.42 bits per heavy atom. The number of aliphatic carboxylic acids is 1. The van der Waals surface area contributed by atoms with Crippen molar-refractivity contribution in [2.24, 2.45) is 0 Å². The zero-order valence-electron chi connectivity index (χ0n) is 15.6. The molecule has 1 unspecified atom stereocenters. The van der Waals surface area contributed by atoms with Gasteiger partial charge in [0.15, 0.2) is 5.58 Å². The summed E-state index contributed by atoms with van der Waals surface area (Å²) < 4.78 is 51.2. The third-order valence-corrected chi connectivity index (χ3v) is 4.73. The van der Waals surface area contributed by atoms with Gasteiger partial charge in [0.05, 0.1) is 11.1 Å². The molecule has 0 radical (unpaired) electrons. The van der Waals surface area contributed by atoms with Crippen molar-refractivity contribution in [1.29, 1.82) is 0 Å². The monoisotopic (exact) mass is 447 g/mol. The normalized spacial score (nSPS) is 12.6. The van der Waals surface area contributed by atoms with Gasteiger partial charge in [-0.05, 0) is 42.5 Å². The lowest BCUT2D eigenvalue weighted by Crippen LogP contribution is -2.18. The van der Waals surface area contributed by atoms with Gasteiger partial charge < -0.3 is 14.3 Å². The topological polar surface area (TPSA) is 72.6 Å². The number of ether oxygens (including phenoxy) is 1. The lowest BCUT2D eigenvalue weighted by molar-refractivity contribution is -0.145. The highest BCUT2D eigenvalue weighted by Crippen LogP contribution is 2.39. The molecule has 1 aromatic heterocycles. The van der Waals surface area contributed by atoms with Crippen LogP contribution in [-0.2, 0) is 11.0 Å². The molecule has 31 heavy (non-hydrogen) atoms. The lowest BCUT2D eigenvalue weighted by Gasteiger charge is -2.18. The van der Waals surface area contributed by atoms with Crippen molar-refractivity contribution in [2.45, 2.75) is 12.3 Å². The van der Waals surface area contributed by atoms with E-state index in [0.717, 1.165) is 18.2 Å². The molecule has 158 valence electrons. The van der Waals surface area contributed by atoms with Gasteiger partial charge in [-0.3, -0.25) is 0 Å². The smallest absolute Gasteiger partial charge is 0.416 e. The Morgan fingerprint density at radius 1 is 1.06 bits per heavy atom. The standard InChI is InChI=1S/C22H13ClF3NO4/c23-14-8-5-12(6-9-14)19(21(28)29)30-17-10-7-13(22(24,25)26)11-15(17)20-27-16-3-1-2-4-18(16)31-20/h1-11,19H,(H,28,29). The first-order valence-corrected chi connectivity index (χ1v) is 9.32. The highest BCUT2D eigenvalue weighted by atomic mass is 35.5. The van der Waals surface area contributed by atoms with E-state index in [1.807, 2.05) is 0 Å². The van der Waals surface area contributed by atoms with Crippen molar-refractivity contribution in [1.82, 2.24) is 4.98 Å². The summed E-state index contributed by atoms with van der Waals surface area (Å²) in [6, 6.07) is 15.3. The largest absolute Gasteiger partial charge is 0.478 e. The molecule has 4 aromatic rings. The van der Waals surface area contributed by atoms with Gasteiger partial charge in [0.25, 0.3) is 0 Å². The summed E-state index contributed by atoms with van der Waals surface area (Å²) in [4.78, 5) is 16.1. The number of carbonyl (C=O) groups is 1. The molecule has 0 aliphatic rings. The number of rotatable bonds is 5. The maximum absolute atomic E-state index is 13.3. The molecule has 0 amide bonds. The van der Waals surface area contributed by atoms with Crippen LogP contribution in [0.15, 0.2) is 71.1 Å². The van der Waals surface area contributed by atoms with Crippen LogP contribution in [0.25, 0.3) is 22.6 Å². The summed E-state index contributed by atoms with van der Waals surface area (Å²) in [5.74, 6) is -1.57. The number of halogens is 4. The molecule has 3 aromatic carbocycles. The summed E-state index contributed by atoms with van der Waals surface area (Å²) in [7, 11) is 0. The number of para-hydroxylation sites is 2. The number of aromatic nitrogens is 1. The zero-order valence-corrected chi connectivity index (χ0v) is 16.3. The zero-order chi connectivity index (χ0) is 22.2. The molecule has 5 nitrogen and oxygen atoms in total. The maximum atomic E-state index is 13.3. The first-order valence-electron chi connectivity index (χ1n) is 8.94. The number of nitrogens with zero attached hydrogens (tertiary/aromatic N) is 1. The van der Waals surface area contributed by atoms with Crippen molar-refractivity contribution in [3.05, 3.63) is 82.9 Å². The Labute approximate surface area is 178 Å². The van der Waals surface area contributed by atoms with Gasteiger partial charge in [-0.1, -0.05) is 35.9 Å². The molecule has 4 rings (SSSR count). The first kappa shape index (κ1) is 20.7. The van der Waals surface area contributed by atoms with E-state index in [2.05, 4.69) is 4.98 Å². The van der Waals surface area contributed by atoms with E-state index >= 15 is 0 Å². The van der Waals surface area contributed by atoms with Crippen LogP contribution in [0, 0.1) is 0 Å². The van der Waals surface area contributed by atoms with Gasteiger partial charge in [0.1, 0.15) is 11.3 Å². The van der Waals surface area contributed by atoms with Crippen LogP contribution in [0.1, 0.15) is 17.2 Å². The highest BCUT2D eigenvalue weighted by molar-refractivity contribution is 6.30. The van der Waals surface area contributed by atoms with Crippen LogP contribution >= 0.6 is 11.6 Å². The minimum absolute atomic E-state index is 0.119. The minimum Gasteiger partial charge on any atom is -0.478 e. The molecule has 9 heteroatoms. The van der Waals surface area contributed by atoms with E-state index < -0.39 is 23.8 Å². The number of benzene rings is 3. The summed E-state index contributed by atoms with van der Waals surface area (Å²) in [5.41, 5.74) is 0.00345. The lowest BCUT2D eigenvalue weighted by atomic mass is 10.1. The molecule has 0 spiro atoms. The second-order valence-electron chi connectivity index (χ2n) is 6.58. The molecule has 0 saturated carbocycles. The second-order valence-corrected chi connectivity index (χ2v) is 7.02. The summed E-state index contributed by atoms with van der Waals surface area (Å²) in [6.45, 7) is 0. The molecule has 0 aliphatic carbocycles. The fraction of sp³-hybridized carbons (Fsp3) is 0.0909. The van der Waals surface area contributed by atoms with Crippen molar-refractivity contribution >= 4 is 28.7 Å². The van der Waals surface area contributed by atoms with Gasteiger partial charge in [0, 0.05) is 10.6 Å².